The molecule has 1 radical (unpaired) electrons. The average Bonchev–Trinajstić information content (AvgIpc) is 2.76. The molecular formula is C33H60BO4S. The highest BCUT2D eigenvalue weighted by atomic mass is 32.1. The van der Waals surface area contributed by atoms with Gasteiger partial charge in [-0.1, -0.05) is 77.5 Å². The Hall–Kier alpha value is -1.27. The number of ketones is 1. The van der Waals surface area contributed by atoms with Gasteiger partial charge in [-0.15, -0.1) is 0 Å². The number of carbonyl (C=O) groups excluding carboxylic acids is 2. The second kappa shape index (κ2) is 18.2. The Morgan fingerprint density at radius 2 is 1.36 bits per heavy atom. The van der Waals surface area contributed by atoms with Crippen LogP contribution in [0.4, 0.5) is 0 Å². The zero-order chi connectivity index (χ0) is 31.1. The maximum absolute atomic E-state index is 13.2. The van der Waals surface area contributed by atoms with Gasteiger partial charge in [0.05, 0.1) is 11.0 Å². The van der Waals surface area contributed by atoms with E-state index in [1.165, 1.54) is 24.5 Å². The molecule has 6 heteroatoms. The van der Waals surface area contributed by atoms with Crippen LogP contribution in [0.15, 0.2) is 18.2 Å². The average molecular weight is 564 g/mol. The van der Waals surface area contributed by atoms with Gasteiger partial charge in [-0.2, -0.15) is 12.6 Å². The van der Waals surface area contributed by atoms with Crippen molar-refractivity contribution in [3.63, 3.8) is 0 Å². The molecule has 0 aliphatic rings. The first-order valence-corrected chi connectivity index (χ1v) is 15.3. The SMILES string of the molecule is CC(=O)OC(C)(C)C.CCC.CCCC(=O)C(CCC)(CCC)c1ccc([B]OC(C)(C)C(C)(C)S)cc1C. The van der Waals surface area contributed by atoms with E-state index in [0.717, 1.165) is 37.6 Å². The first-order valence-electron chi connectivity index (χ1n) is 14.9. The van der Waals surface area contributed by atoms with Gasteiger partial charge in [-0.3, -0.25) is 9.59 Å². The second-order valence-electron chi connectivity index (χ2n) is 12.5. The van der Waals surface area contributed by atoms with Gasteiger partial charge in [-0.25, -0.2) is 0 Å². The molecule has 4 nitrogen and oxygen atoms in total. The van der Waals surface area contributed by atoms with Gasteiger partial charge in [0.2, 0.25) is 0 Å². The van der Waals surface area contributed by atoms with Crippen LogP contribution in [0.2, 0.25) is 0 Å². The minimum Gasteiger partial charge on any atom is -0.460 e. The van der Waals surface area contributed by atoms with Crippen LogP contribution in [0.25, 0.3) is 0 Å². The summed E-state index contributed by atoms with van der Waals surface area (Å²) in [6.07, 6.45) is 6.67. The summed E-state index contributed by atoms with van der Waals surface area (Å²) < 4.78 is 10.6. The number of Topliss-reactive ketones (excluding diaryl/α,β-unsaturated/α-hetero) is 1. The molecule has 1 aromatic rings. The molecular weight excluding hydrogens is 503 g/mol. The Bertz CT molecular complexity index is 844. The predicted molar refractivity (Wildman–Crippen MR) is 174 cm³/mol. The summed E-state index contributed by atoms with van der Waals surface area (Å²) in [5.41, 5.74) is 2.32. The molecule has 39 heavy (non-hydrogen) atoms. The van der Waals surface area contributed by atoms with Crippen molar-refractivity contribution < 1.29 is 19.0 Å². The lowest BCUT2D eigenvalue weighted by molar-refractivity contribution is -0.151. The summed E-state index contributed by atoms with van der Waals surface area (Å²) >= 11 is 4.66. The Morgan fingerprint density at radius 1 is 0.872 bits per heavy atom. The highest BCUT2D eigenvalue weighted by Gasteiger charge is 2.39. The fourth-order valence-corrected chi connectivity index (χ4v) is 4.28. The van der Waals surface area contributed by atoms with Crippen molar-refractivity contribution in [1.82, 2.24) is 0 Å². The summed E-state index contributed by atoms with van der Waals surface area (Å²) in [5.74, 6) is 0.172. The summed E-state index contributed by atoms with van der Waals surface area (Å²) in [5, 5.41) is 0. The van der Waals surface area contributed by atoms with Gasteiger partial charge in [0.1, 0.15) is 11.4 Å². The van der Waals surface area contributed by atoms with Gasteiger partial charge in [0.15, 0.2) is 0 Å². The van der Waals surface area contributed by atoms with E-state index in [1.807, 2.05) is 28.3 Å². The van der Waals surface area contributed by atoms with E-state index in [0.29, 0.717) is 12.2 Å². The van der Waals surface area contributed by atoms with Crippen molar-refractivity contribution in [2.45, 2.75) is 163 Å². The van der Waals surface area contributed by atoms with E-state index >= 15 is 0 Å². The number of carbonyl (C=O) groups is 2. The molecule has 0 aliphatic heterocycles. The van der Waals surface area contributed by atoms with E-state index in [1.54, 1.807) is 0 Å². The van der Waals surface area contributed by atoms with Crippen molar-refractivity contribution in [2.75, 3.05) is 0 Å². The second-order valence-corrected chi connectivity index (χ2v) is 13.7. The maximum Gasteiger partial charge on any atom is 0.330 e. The third-order valence-corrected chi connectivity index (χ3v) is 7.08. The van der Waals surface area contributed by atoms with Gasteiger partial charge < -0.3 is 9.39 Å². The van der Waals surface area contributed by atoms with Gasteiger partial charge in [-0.05, 0) is 85.8 Å². The van der Waals surface area contributed by atoms with Crippen molar-refractivity contribution in [3.8, 4) is 0 Å². The molecule has 225 valence electrons. The minimum absolute atomic E-state index is 0.225. The van der Waals surface area contributed by atoms with Crippen LogP contribution in [0.3, 0.4) is 0 Å². The lowest BCUT2D eigenvalue weighted by Gasteiger charge is -2.38. The molecule has 0 saturated carbocycles. The third kappa shape index (κ3) is 14.8. The Labute approximate surface area is 248 Å². The Morgan fingerprint density at radius 3 is 1.67 bits per heavy atom. The minimum atomic E-state index is -0.395. The first kappa shape index (κ1) is 39.9. The molecule has 0 unspecified atom stereocenters. The van der Waals surface area contributed by atoms with Gasteiger partial charge in [0, 0.05) is 18.1 Å². The number of aryl methyl sites for hydroxylation is 1. The zero-order valence-electron chi connectivity index (χ0n) is 27.8. The highest BCUT2D eigenvalue weighted by Crippen LogP contribution is 2.38. The summed E-state index contributed by atoms with van der Waals surface area (Å²) in [6, 6.07) is 6.39. The lowest BCUT2D eigenvalue weighted by atomic mass is 9.67. The van der Waals surface area contributed by atoms with Gasteiger partial charge >= 0.3 is 13.5 Å². The molecule has 0 aliphatic carbocycles. The smallest absolute Gasteiger partial charge is 0.330 e. The highest BCUT2D eigenvalue weighted by molar-refractivity contribution is 7.81. The van der Waals surface area contributed by atoms with Gasteiger partial charge in [0.25, 0.3) is 0 Å². The van der Waals surface area contributed by atoms with Crippen LogP contribution >= 0.6 is 12.6 Å². The quantitative estimate of drug-likeness (QED) is 0.157. The standard InChI is InChI=1S/C24H40BO2S.C6H12O2.C3H8/c1-9-12-21(26)24(15-10-2,16-11-3)20-14-13-19(17-18(20)4)25-27-22(5,6)23(7,8)28;1-5(7)8-6(2,3)4;1-3-2/h13-14,17,28H,9-12,15-16H2,1-8H3;1-4H3;3H2,1-2H3. The maximum atomic E-state index is 13.2. The van der Waals surface area contributed by atoms with Crippen LogP contribution in [0.5, 0.6) is 0 Å². The number of hydrogen-bond acceptors (Lipinski definition) is 5. The van der Waals surface area contributed by atoms with E-state index in [-0.39, 0.29) is 21.7 Å². The molecule has 0 N–H and O–H groups in total. The van der Waals surface area contributed by atoms with E-state index < -0.39 is 5.60 Å². The number of hydrogen-bond donors (Lipinski definition) is 1. The summed E-state index contributed by atoms with van der Waals surface area (Å²) in [4.78, 5) is 23.4. The number of benzene rings is 1. The first-order chi connectivity index (χ1) is 17.8. The fraction of sp³-hybridized carbons (Fsp3) is 0.758. The normalized spacial score (nSPS) is 12.0. The van der Waals surface area contributed by atoms with Crippen LogP contribution in [0.1, 0.15) is 146 Å². The number of rotatable bonds is 12. The molecule has 0 spiro atoms. The molecule has 1 aromatic carbocycles. The molecule has 0 saturated heterocycles. The lowest BCUT2D eigenvalue weighted by Crippen LogP contribution is -2.45. The number of ether oxygens (including phenoxy) is 1. The Kier molecular flexibility index (Phi) is 18.6. The molecule has 1 rings (SSSR count). The van der Waals surface area contributed by atoms with Crippen LogP contribution < -0.4 is 5.46 Å². The third-order valence-electron chi connectivity index (χ3n) is 6.54. The fourth-order valence-electron chi connectivity index (χ4n) is 4.23. The number of esters is 1. The van der Waals surface area contributed by atoms with Crippen LogP contribution in [-0.4, -0.2) is 35.2 Å². The molecule has 0 heterocycles. The molecule has 0 amide bonds. The summed E-state index contributed by atoms with van der Waals surface area (Å²) in [7, 11) is 1.82. The van der Waals surface area contributed by atoms with Crippen molar-refractivity contribution in [1.29, 1.82) is 0 Å². The molecule has 0 aromatic heterocycles. The predicted octanol–water partition coefficient (Wildman–Crippen LogP) is 8.71. The van der Waals surface area contributed by atoms with Crippen molar-refractivity contribution in [3.05, 3.63) is 29.3 Å². The monoisotopic (exact) mass is 563 g/mol. The topological polar surface area (TPSA) is 52.6 Å². The van der Waals surface area contributed by atoms with Crippen LogP contribution in [-0.2, 0) is 24.4 Å². The largest absolute Gasteiger partial charge is 0.460 e. The van der Waals surface area contributed by atoms with Crippen LogP contribution in [0, 0.1) is 6.92 Å². The van der Waals surface area contributed by atoms with Crippen molar-refractivity contribution in [2.24, 2.45) is 0 Å². The van der Waals surface area contributed by atoms with E-state index in [2.05, 4.69) is 100 Å². The van der Waals surface area contributed by atoms with Crippen molar-refractivity contribution >= 4 is 37.3 Å². The summed E-state index contributed by atoms with van der Waals surface area (Å²) in [6.45, 7) is 28.0. The zero-order valence-corrected chi connectivity index (χ0v) is 28.7. The van der Waals surface area contributed by atoms with E-state index in [9.17, 15) is 9.59 Å². The molecule has 0 fully saturated rings. The molecule has 0 bridgehead atoms. The number of thiol groups is 1. The molecule has 0 atom stereocenters. The van der Waals surface area contributed by atoms with E-state index in [4.69, 9.17) is 9.39 Å². The Balaban J connectivity index is 0.